The van der Waals surface area contributed by atoms with E-state index < -0.39 is 16.0 Å². The molecule has 1 aliphatic rings. The summed E-state index contributed by atoms with van der Waals surface area (Å²) < 4.78 is 27.9. The molecule has 0 atom stereocenters. The summed E-state index contributed by atoms with van der Waals surface area (Å²) in [6.45, 7) is 2.90. The zero-order valence-corrected chi connectivity index (χ0v) is 14.1. The average Bonchev–Trinajstić information content (AvgIpc) is 2.83. The number of aromatic carboxylic acids is 1. The van der Waals surface area contributed by atoms with Gasteiger partial charge < -0.3 is 9.67 Å². The van der Waals surface area contributed by atoms with Crippen LogP contribution in [0, 0.1) is 0 Å². The first-order chi connectivity index (χ1) is 10.8. The minimum absolute atomic E-state index is 0.0352. The Morgan fingerprint density at radius 1 is 1.35 bits per heavy atom. The molecule has 0 amide bonds. The van der Waals surface area contributed by atoms with Crippen LogP contribution in [0.5, 0.6) is 0 Å². The number of hydrogen-bond acceptors (Lipinski definition) is 3. The van der Waals surface area contributed by atoms with Crippen molar-refractivity contribution in [2.24, 2.45) is 0 Å². The largest absolute Gasteiger partial charge is 0.478 e. The molecule has 0 unspecified atom stereocenters. The molecule has 0 radical (unpaired) electrons. The van der Waals surface area contributed by atoms with Gasteiger partial charge in [-0.15, -0.1) is 0 Å². The van der Waals surface area contributed by atoms with Crippen LogP contribution >= 0.6 is 0 Å². The number of carboxylic acids is 1. The van der Waals surface area contributed by atoms with Crippen molar-refractivity contribution in [2.45, 2.75) is 32.7 Å². The molecule has 1 aromatic heterocycles. The number of unbranched alkanes of at least 4 members (excludes halogenated alkanes) is 1. The third-order valence-electron chi connectivity index (χ3n) is 4.42. The molecular weight excluding hydrogens is 316 g/mol. The zero-order chi connectivity index (χ0) is 16.8. The first-order valence-electron chi connectivity index (χ1n) is 7.71. The fourth-order valence-electron chi connectivity index (χ4n) is 3.09. The minimum Gasteiger partial charge on any atom is -0.478 e. The zero-order valence-electron chi connectivity index (χ0n) is 13.2. The van der Waals surface area contributed by atoms with E-state index >= 15 is 0 Å². The average molecular weight is 336 g/mol. The monoisotopic (exact) mass is 336 g/mol. The number of benzene rings is 1. The highest BCUT2D eigenvalue weighted by Crippen LogP contribution is 2.36. The van der Waals surface area contributed by atoms with Crippen LogP contribution in [0.1, 0.15) is 35.7 Å². The molecule has 0 aliphatic carbocycles. The lowest BCUT2D eigenvalue weighted by Gasteiger charge is -2.19. The second kappa shape index (κ2) is 5.56. The number of hydrogen-bond donors (Lipinski definition) is 1. The smallest absolute Gasteiger partial charge is 0.335 e. The quantitative estimate of drug-likeness (QED) is 0.930. The van der Waals surface area contributed by atoms with Crippen molar-refractivity contribution in [3.63, 3.8) is 0 Å². The summed E-state index contributed by atoms with van der Waals surface area (Å²) in [4.78, 5) is 11.4. The summed E-state index contributed by atoms with van der Waals surface area (Å²) in [5.41, 5.74) is 2.34. The van der Waals surface area contributed by atoms with Gasteiger partial charge >= 0.3 is 5.97 Å². The number of sulfonamides is 1. The highest BCUT2D eigenvalue weighted by molar-refractivity contribution is 7.92. The van der Waals surface area contributed by atoms with E-state index in [1.807, 2.05) is 6.20 Å². The van der Waals surface area contributed by atoms with Gasteiger partial charge in [-0.1, -0.05) is 13.3 Å². The van der Waals surface area contributed by atoms with Crippen LogP contribution in [0.15, 0.2) is 18.3 Å². The fourth-order valence-corrected chi connectivity index (χ4v) is 4.29. The van der Waals surface area contributed by atoms with Crippen molar-refractivity contribution in [1.29, 1.82) is 0 Å². The van der Waals surface area contributed by atoms with E-state index in [0.29, 0.717) is 12.1 Å². The molecule has 124 valence electrons. The summed E-state index contributed by atoms with van der Waals surface area (Å²) in [5.74, 6) is -1.02. The van der Waals surface area contributed by atoms with E-state index in [9.17, 15) is 18.3 Å². The van der Waals surface area contributed by atoms with Crippen LogP contribution in [-0.4, -0.2) is 36.9 Å². The van der Waals surface area contributed by atoms with Crippen molar-refractivity contribution in [1.82, 2.24) is 4.57 Å². The Balaban J connectivity index is 2.32. The van der Waals surface area contributed by atoms with Gasteiger partial charge in [-0.2, -0.15) is 0 Å². The van der Waals surface area contributed by atoms with E-state index in [2.05, 4.69) is 11.5 Å². The number of aromatic nitrogens is 1. The normalized spacial score (nSPS) is 16.5. The van der Waals surface area contributed by atoms with Crippen molar-refractivity contribution < 1.29 is 18.3 Å². The number of carboxylic acid groups (broad SMARTS) is 1. The van der Waals surface area contributed by atoms with Gasteiger partial charge in [0.1, 0.15) is 0 Å². The number of rotatable bonds is 4. The van der Waals surface area contributed by atoms with E-state index in [1.54, 1.807) is 6.07 Å². The maximum absolute atomic E-state index is 12.3. The second-order valence-corrected chi connectivity index (χ2v) is 8.05. The van der Waals surface area contributed by atoms with Gasteiger partial charge in [-0.25, -0.2) is 13.2 Å². The molecule has 2 aromatic rings. The molecule has 2 heterocycles. The van der Waals surface area contributed by atoms with Gasteiger partial charge in [0.2, 0.25) is 10.0 Å². The van der Waals surface area contributed by atoms with Crippen molar-refractivity contribution >= 4 is 32.6 Å². The predicted octanol–water partition coefficient (Wildman–Crippen LogP) is 2.46. The SMILES string of the molecule is CCCCn1cc2c3c(cc(C(=O)O)cc31)N(C)S(=O)(=O)CC2. The van der Waals surface area contributed by atoms with Crippen LogP contribution in [0.2, 0.25) is 0 Å². The second-order valence-electron chi connectivity index (χ2n) is 5.93. The van der Waals surface area contributed by atoms with Crippen LogP contribution in [0.3, 0.4) is 0 Å². The number of aryl methyl sites for hydroxylation is 2. The van der Waals surface area contributed by atoms with Gasteiger partial charge in [0, 0.05) is 25.2 Å². The summed E-state index contributed by atoms with van der Waals surface area (Å²) in [7, 11) is -1.93. The van der Waals surface area contributed by atoms with E-state index in [0.717, 1.165) is 35.9 Å². The lowest BCUT2D eigenvalue weighted by molar-refractivity contribution is 0.0697. The first-order valence-corrected chi connectivity index (χ1v) is 9.31. The van der Waals surface area contributed by atoms with E-state index in [-0.39, 0.29) is 11.3 Å². The molecule has 1 aromatic carbocycles. The number of anilines is 1. The molecule has 0 spiro atoms. The molecule has 1 aliphatic heterocycles. The van der Waals surface area contributed by atoms with Crippen LogP contribution in [0.25, 0.3) is 10.9 Å². The molecule has 0 bridgehead atoms. The third-order valence-corrected chi connectivity index (χ3v) is 6.18. The number of nitrogens with zero attached hydrogens (tertiary/aromatic N) is 2. The standard InChI is InChI=1S/C16H20N2O4S/c1-3-4-6-18-10-11-5-7-23(21,22)17(2)13-8-12(16(19)20)9-14(18)15(11)13/h8-10H,3-7H2,1-2H3,(H,19,20). The van der Waals surface area contributed by atoms with Crippen LogP contribution in [-0.2, 0) is 23.0 Å². The van der Waals surface area contributed by atoms with Gasteiger partial charge in [0.25, 0.3) is 0 Å². The van der Waals surface area contributed by atoms with Crippen molar-refractivity contribution in [3.05, 3.63) is 29.5 Å². The van der Waals surface area contributed by atoms with Crippen LogP contribution in [0.4, 0.5) is 5.69 Å². The maximum Gasteiger partial charge on any atom is 0.335 e. The Morgan fingerprint density at radius 2 is 2.09 bits per heavy atom. The molecule has 1 N–H and O–H groups in total. The van der Waals surface area contributed by atoms with Gasteiger partial charge in [-0.3, -0.25) is 4.31 Å². The molecule has 0 saturated carbocycles. The third kappa shape index (κ3) is 2.59. The summed E-state index contributed by atoms with van der Waals surface area (Å²) in [6, 6.07) is 3.10. The molecular formula is C16H20N2O4S. The van der Waals surface area contributed by atoms with Crippen LogP contribution < -0.4 is 4.31 Å². The molecule has 0 saturated heterocycles. The Morgan fingerprint density at radius 3 is 2.74 bits per heavy atom. The summed E-state index contributed by atoms with van der Waals surface area (Å²) >= 11 is 0. The first kappa shape index (κ1) is 15.9. The highest BCUT2D eigenvalue weighted by Gasteiger charge is 2.28. The minimum atomic E-state index is -3.42. The van der Waals surface area contributed by atoms with Gasteiger partial charge in [0.15, 0.2) is 0 Å². The summed E-state index contributed by atoms with van der Waals surface area (Å²) in [6.07, 6.45) is 4.45. The lowest BCUT2D eigenvalue weighted by Crippen LogP contribution is -2.28. The number of carbonyl (C=O) groups is 1. The Labute approximate surface area is 135 Å². The Bertz CT molecular complexity index is 883. The van der Waals surface area contributed by atoms with E-state index in [1.165, 1.54) is 17.4 Å². The van der Waals surface area contributed by atoms with Crippen molar-refractivity contribution in [3.8, 4) is 0 Å². The van der Waals surface area contributed by atoms with Gasteiger partial charge in [0.05, 0.1) is 22.5 Å². The molecule has 23 heavy (non-hydrogen) atoms. The summed E-state index contributed by atoms with van der Waals surface area (Å²) in [5, 5.41) is 10.2. The topological polar surface area (TPSA) is 79.6 Å². The Kier molecular flexibility index (Phi) is 3.83. The molecule has 0 fully saturated rings. The van der Waals surface area contributed by atoms with Gasteiger partial charge in [-0.05, 0) is 30.5 Å². The van der Waals surface area contributed by atoms with E-state index in [4.69, 9.17) is 0 Å². The molecule has 7 heteroatoms. The lowest BCUT2D eigenvalue weighted by atomic mass is 10.1. The predicted molar refractivity (Wildman–Crippen MR) is 89.7 cm³/mol. The molecule has 3 rings (SSSR count). The fraction of sp³-hybridized carbons (Fsp3) is 0.438. The maximum atomic E-state index is 12.3. The van der Waals surface area contributed by atoms with Crippen molar-refractivity contribution in [2.75, 3.05) is 17.1 Å². The highest BCUT2D eigenvalue weighted by atomic mass is 32.2. The molecule has 6 nitrogen and oxygen atoms in total. The Hall–Kier alpha value is -2.02.